The Labute approximate surface area is 103 Å². The van der Waals surface area contributed by atoms with Gasteiger partial charge >= 0.3 is 5.97 Å². The maximum atomic E-state index is 11.0. The Hall–Kier alpha value is -0.870. The molecule has 0 spiro atoms. The molecule has 98 valence electrons. The second-order valence-electron chi connectivity index (χ2n) is 4.62. The average molecular weight is 242 g/mol. The Morgan fingerprint density at radius 1 is 1.35 bits per heavy atom. The number of ether oxygens (including phenoxy) is 3. The van der Waals surface area contributed by atoms with E-state index in [9.17, 15) is 4.79 Å². The lowest BCUT2D eigenvalue weighted by molar-refractivity contribution is -0.259. The summed E-state index contributed by atoms with van der Waals surface area (Å²) in [5, 5.41) is 0. The van der Waals surface area contributed by atoms with Crippen molar-refractivity contribution in [3.05, 3.63) is 12.7 Å². The molecule has 0 aliphatic carbocycles. The second-order valence-corrected chi connectivity index (χ2v) is 4.62. The lowest BCUT2D eigenvalue weighted by Gasteiger charge is -2.42. The molecule has 0 aromatic carbocycles. The van der Waals surface area contributed by atoms with Gasteiger partial charge in [-0.2, -0.15) is 0 Å². The van der Waals surface area contributed by atoms with Crippen molar-refractivity contribution >= 4 is 5.97 Å². The molecule has 0 radical (unpaired) electrons. The van der Waals surface area contributed by atoms with Crippen LogP contribution in [0.25, 0.3) is 0 Å². The molecule has 0 amide bonds. The van der Waals surface area contributed by atoms with Crippen molar-refractivity contribution in [2.75, 3.05) is 6.61 Å². The number of carbonyl (C=O) groups excluding carboxylic acids is 1. The largest absolute Gasteiger partial charge is 0.460 e. The Kier molecular flexibility index (Phi) is 5.15. The molecule has 1 rings (SSSR count). The Morgan fingerprint density at radius 3 is 2.53 bits per heavy atom. The minimum Gasteiger partial charge on any atom is -0.460 e. The smallest absolute Gasteiger partial charge is 0.303 e. The van der Waals surface area contributed by atoms with Crippen LogP contribution in [0.1, 0.15) is 27.7 Å². The Morgan fingerprint density at radius 2 is 2.00 bits per heavy atom. The van der Waals surface area contributed by atoms with Gasteiger partial charge in [-0.25, -0.2) is 0 Å². The predicted octanol–water partition coefficient (Wildman–Crippen LogP) is 2.14. The quantitative estimate of drug-likeness (QED) is 0.559. The van der Waals surface area contributed by atoms with Gasteiger partial charge in [0.05, 0.1) is 12.7 Å². The Balaban J connectivity index is 2.65. The summed E-state index contributed by atoms with van der Waals surface area (Å²) in [6, 6.07) is 0. The van der Waals surface area contributed by atoms with Crippen LogP contribution in [-0.4, -0.2) is 31.1 Å². The molecule has 1 aliphatic heterocycles. The molecule has 0 saturated carbocycles. The highest BCUT2D eigenvalue weighted by Crippen LogP contribution is 2.33. The monoisotopic (exact) mass is 242 g/mol. The third-order valence-corrected chi connectivity index (χ3v) is 3.27. The maximum Gasteiger partial charge on any atom is 0.303 e. The molecule has 0 aromatic rings. The van der Waals surface area contributed by atoms with Crippen LogP contribution in [0.2, 0.25) is 0 Å². The molecule has 0 N–H and O–H groups in total. The molecule has 5 atom stereocenters. The molecule has 1 fully saturated rings. The van der Waals surface area contributed by atoms with Crippen LogP contribution in [0.15, 0.2) is 12.7 Å². The lowest BCUT2D eigenvalue weighted by atomic mass is 9.85. The highest BCUT2D eigenvalue weighted by atomic mass is 16.7. The summed E-state index contributed by atoms with van der Waals surface area (Å²) in [5.74, 6) is 0.114. The fraction of sp³-hybridized carbons (Fsp3) is 0.769. The molecule has 4 heteroatoms. The zero-order valence-electron chi connectivity index (χ0n) is 11.0. The number of esters is 1. The van der Waals surface area contributed by atoms with E-state index in [1.54, 1.807) is 6.08 Å². The fourth-order valence-electron chi connectivity index (χ4n) is 2.14. The van der Waals surface area contributed by atoms with Crippen molar-refractivity contribution in [3.8, 4) is 0 Å². The summed E-state index contributed by atoms with van der Waals surface area (Å²) in [4.78, 5) is 11.0. The fourth-order valence-corrected chi connectivity index (χ4v) is 2.14. The number of hydrogen-bond acceptors (Lipinski definition) is 4. The van der Waals surface area contributed by atoms with Crippen LogP contribution in [-0.2, 0) is 19.0 Å². The molecule has 1 saturated heterocycles. The Bertz CT molecular complexity index is 277. The topological polar surface area (TPSA) is 44.8 Å². The first-order chi connectivity index (χ1) is 7.97. The number of hydrogen-bond donors (Lipinski definition) is 0. The van der Waals surface area contributed by atoms with E-state index < -0.39 is 0 Å². The summed E-state index contributed by atoms with van der Waals surface area (Å²) in [7, 11) is 0. The van der Waals surface area contributed by atoms with E-state index in [1.807, 2.05) is 13.8 Å². The third kappa shape index (κ3) is 3.54. The van der Waals surface area contributed by atoms with Crippen molar-refractivity contribution in [2.24, 2.45) is 11.8 Å². The summed E-state index contributed by atoms with van der Waals surface area (Å²) in [6.45, 7) is 11.5. The molecule has 4 nitrogen and oxygen atoms in total. The zero-order valence-corrected chi connectivity index (χ0v) is 11.0. The lowest BCUT2D eigenvalue weighted by Crippen LogP contribution is -2.50. The van der Waals surface area contributed by atoms with E-state index in [2.05, 4.69) is 13.5 Å². The molecule has 1 aliphatic rings. The predicted molar refractivity (Wildman–Crippen MR) is 64.4 cm³/mol. The van der Waals surface area contributed by atoms with Gasteiger partial charge in [0.1, 0.15) is 6.10 Å². The summed E-state index contributed by atoms with van der Waals surface area (Å²) in [5.41, 5.74) is 0. The molecule has 0 aromatic heterocycles. The second kappa shape index (κ2) is 6.17. The van der Waals surface area contributed by atoms with Gasteiger partial charge in [0, 0.05) is 18.8 Å². The highest BCUT2D eigenvalue weighted by Gasteiger charge is 2.41. The summed E-state index contributed by atoms with van der Waals surface area (Å²) < 4.78 is 16.6. The average Bonchev–Trinajstić information content (AvgIpc) is 2.27. The third-order valence-electron chi connectivity index (χ3n) is 3.27. The summed E-state index contributed by atoms with van der Waals surface area (Å²) >= 11 is 0. The van der Waals surface area contributed by atoms with Crippen LogP contribution in [0.5, 0.6) is 0 Å². The molecule has 0 bridgehead atoms. The van der Waals surface area contributed by atoms with Crippen LogP contribution >= 0.6 is 0 Å². The first-order valence-electron chi connectivity index (χ1n) is 6.02. The van der Waals surface area contributed by atoms with Crippen molar-refractivity contribution < 1.29 is 19.0 Å². The van der Waals surface area contributed by atoms with Gasteiger partial charge < -0.3 is 14.2 Å². The minimum absolute atomic E-state index is 0.153. The number of carbonyl (C=O) groups is 1. The van der Waals surface area contributed by atoms with Crippen LogP contribution in [0.4, 0.5) is 0 Å². The first kappa shape index (κ1) is 14.2. The SMILES string of the molecule is C=CCO[C@H]1OC(C)[C@H](OC(C)=O)C(C)[C@H]1C. The van der Waals surface area contributed by atoms with E-state index in [0.29, 0.717) is 6.61 Å². The van der Waals surface area contributed by atoms with Crippen molar-refractivity contribution in [2.45, 2.75) is 46.2 Å². The normalized spacial score (nSPS) is 37.5. The standard InChI is InChI=1S/C13H22O4/c1-6-7-15-13-9(3)8(2)12(10(4)16-13)17-11(5)14/h6,8-10,12-13H,1,7H2,2-5H3/t8?,9-,10?,12-,13+/m1/s1. The van der Waals surface area contributed by atoms with E-state index >= 15 is 0 Å². The van der Waals surface area contributed by atoms with Crippen LogP contribution in [0.3, 0.4) is 0 Å². The van der Waals surface area contributed by atoms with Gasteiger partial charge in [0.15, 0.2) is 6.29 Å². The number of rotatable bonds is 4. The van der Waals surface area contributed by atoms with Gasteiger partial charge in [0.25, 0.3) is 0 Å². The maximum absolute atomic E-state index is 11.0. The molecule has 2 unspecified atom stereocenters. The van der Waals surface area contributed by atoms with E-state index in [0.717, 1.165) is 0 Å². The molecule has 1 heterocycles. The van der Waals surface area contributed by atoms with E-state index in [1.165, 1.54) is 6.92 Å². The zero-order chi connectivity index (χ0) is 13.0. The molecule has 17 heavy (non-hydrogen) atoms. The first-order valence-corrected chi connectivity index (χ1v) is 6.02. The van der Waals surface area contributed by atoms with Crippen molar-refractivity contribution in [3.63, 3.8) is 0 Å². The van der Waals surface area contributed by atoms with Gasteiger partial charge in [-0.3, -0.25) is 4.79 Å². The van der Waals surface area contributed by atoms with Gasteiger partial charge in [-0.05, 0) is 6.92 Å². The van der Waals surface area contributed by atoms with Crippen molar-refractivity contribution in [1.82, 2.24) is 0 Å². The van der Waals surface area contributed by atoms with Crippen LogP contribution in [0, 0.1) is 11.8 Å². The van der Waals surface area contributed by atoms with Gasteiger partial charge in [-0.1, -0.05) is 19.9 Å². The summed E-state index contributed by atoms with van der Waals surface area (Å²) in [6.07, 6.45) is 1.08. The van der Waals surface area contributed by atoms with E-state index in [4.69, 9.17) is 14.2 Å². The van der Waals surface area contributed by atoms with E-state index in [-0.39, 0.29) is 36.3 Å². The molecular weight excluding hydrogens is 220 g/mol. The minimum atomic E-state index is -0.269. The van der Waals surface area contributed by atoms with Crippen molar-refractivity contribution in [1.29, 1.82) is 0 Å². The van der Waals surface area contributed by atoms with Gasteiger partial charge in [0.2, 0.25) is 0 Å². The molecular formula is C13H22O4. The van der Waals surface area contributed by atoms with Crippen LogP contribution < -0.4 is 0 Å². The highest BCUT2D eigenvalue weighted by molar-refractivity contribution is 5.66. The van der Waals surface area contributed by atoms with Gasteiger partial charge in [-0.15, -0.1) is 6.58 Å².